The van der Waals surface area contributed by atoms with Gasteiger partial charge >= 0.3 is 12.2 Å². The quantitative estimate of drug-likeness (QED) is 0.0624. The number of ether oxygens (including phenoxy) is 2. The third kappa shape index (κ3) is 29.4. The summed E-state index contributed by atoms with van der Waals surface area (Å²) in [6.45, 7) is 19.4. The van der Waals surface area contributed by atoms with Gasteiger partial charge in [-0.1, -0.05) is 109 Å². The number of amides is 2. The van der Waals surface area contributed by atoms with Gasteiger partial charge in [-0.3, -0.25) is 0 Å². The number of nitrogens with two attached hydrogens (primary N) is 1. The minimum Gasteiger partial charge on any atom is -0.444 e. The lowest BCUT2D eigenvalue weighted by atomic mass is 9.98. The number of hydrogen-bond acceptors (Lipinski definition) is 13. The van der Waals surface area contributed by atoms with E-state index >= 15 is 0 Å². The molecule has 4 aromatic carbocycles. The number of nitrogens with zero attached hydrogens (tertiary/aromatic N) is 3. The van der Waals surface area contributed by atoms with Crippen LogP contribution in [0.4, 0.5) is 14.0 Å². The molecule has 0 atom stereocenters. The van der Waals surface area contributed by atoms with E-state index in [1.807, 2.05) is 139 Å². The normalized spacial score (nSPS) is 17.5. The van der Waals surface area contributed by atoms with E-state index in [0.29, 0.717) is 95.1 Å². The van der Waals surface area contributed by atoms with Crippen LogP contribution >= 0.6 is 12.4 Å². The molecular weight excluding hydrogens is 1200 g/mol. The molecule has 4 fully saturated rings. The van der Waals surface area contributed by atoms with Crippen molar-refractivity contribution in [2.45, 2.75) is 111 Å². The minimum absolute atomic E-state index is 0. The molecule has 88 heavy (non-hydrogen) atoms. The van der Waals surface area contributed by atoms with Crippen LogP contribution in [0.3, 0.4) is 0 Å². The highest BCUT2D eigenvalue weighted by atomic mass is 35.5. The maximum atomic E-state index is 13.6. The number of alkyl carbamates (subject to hydrolysis) is 2. The summed E-state index contributed by atoms with van der Waals surface area (Å²) in [5.41, 5.74) is 7.96. The van der Waals surface area contributed by atoms with Crippen molar-refractivity contribution in [2.75, 3.05) is 78.5 Å². The number of nitrogens with one attached hydrogen (secondary N) is 4. The maximum Gasteiger partial charge on any atom is 0.407 e. The van der Waals surface area contributed by atoms with E-state index in [0.717, 1.165) is 81.4 Å². The maximum absolute atomic E-state index is 13.6. The molecule has 0 unspecified atom stereocenters. The van der Waals surface area contributed by atoms with Crippen LogP contribution in [-0.4, -0.2) is 140 Å². The molecule has 0 bridgehead atoms. The van der Waals surface area contributed by atoms with Crippen LogP contribution in [0.2, 0.25) is 0 Å². The summed E-state index contributed by atoms with van der Waals surface area (Å²) in [5.74, 6) is 1.52. The highest BCUT2D eigenvalue weighted by Gasteiger charge is 2.29. The molecule has 6 N–H and O–H groups in total. The van der Waals surface area contributed by atoms with Crippen molar-refractivity contribution in [3.8, 4) is 0 Å². The Hall–Kier alpha value is -5.53. The fraction of sp³-hybridized carbons (Fsp3) is 0.508. The Bertz CT molecular complexity index is 3110. The van der Waals surface area contributed by atoms with Crippen molar-refractivity contribution >= 4 is 72.9 Å². The fourth-order valence-electron chi connectivity index (χ4n) is 9.80. The molecule has 0 spiro atoms. The third-order valence-electron chi connectivity index (χ3n) is 14.9. The zero-order valence-electron chi connectivity index (χ0n) is 52.1. The predicted molar refractivity (Wildman–Crippen MR) is 355 cm³/mol. The Morgan fingerprint density at radius 1 is 0.511 bits per heavy atom. The first-order chi connectivity index (χ1) is 41.3. The van der Waals surface area contributed by atoms with E-state index < -0.39 is 47.4 Å². The number of sulfonamides is 3. The number of benzene rings is 4. The predicted octanol–water partition coefficient (Wildman–Crippen LogP) is 10.4. The van der Waals surface area contributed by atoms with Crippen LogP contribution in [0, 0.1) is 29.5 Å². The molecule has 4 saturated heterocycles. The molecule has 0 aromatic heterocycles. The van der Waals surface area contributed by atoms with Gasteiger partial charge in [0.2, 0.25) is 30.1 Å². The zero-order chi connectivity index (χ0) is 63.4. The van der Waals surface area contributed by atoms with Gasteiger partial charge in [0, 0.05) is 80.7 Å². The average molecular weight is 1300 g/mol. The van der Waals surface area contributed by atoms with E-state index in [2.05, 4.69) is 21.3 Å². The van der Waals surface area contributed by atoms with Crippen molar-refractivity contribution in [3.05, 3.63) is 160 Å². The molecule has 8 rings (SSSR count). The van der Waals surface area contributed by atoms with E-state index in [9.17, 15) is 39.2 Å². The highest BCUT2D eigenvalue weighted by Crippen LogP contribution is 2.24. The largest absolute Gasteiger partial charge is 0.444 e. The summed E-state index contributed by atoms with van der Waals surface area (Å²) >= 11 is 0. The molecule has 488 valence electrons. The number of piperidine rings is 4. The molecule has 2 amide bonds. The second-order valence-corrected chi connectivity index (χ2v) is 29.7. The van der Waals surface area contributed by atoms with Gasteiger partial charge in [0.15, 0.2) is 0 Å². The second kappa shape index (κ2) is 37.6. The summed E-state index contributed by atoms with van der Waals surface area (Å²) < 4.78 is 103. The van der Waals surface area contributed by atoms with E-state index in [1.54, 1.807) is 39.0 Å². The molecule has 4 aliphatic rings. The average Bonchev–Trinajstić information content (AvgIpc) is 3.47. The monoisotopic (exact) mass is 1300 g/mol. The number of rotatable bonds is 18. The van der Waals surface area contributed by atoms with E-state index in [4.69, 9.17) is 15.2 Å². The minimum atomic E-state index is -3.42. The third-order valence-corrected chi connectivity index (χ3v) is 19.6. The molecule has 0 aliphatic carbocycles. The highest BCUT2D eigenvalue weighted by molar-refractivity contribution is 7.92. The summed E-state index contributed by atoms with van der Waals surface area (Å²) in [4.78, 5) is 23.0. The van der Waals surface area contributed by atoms with Crippen LogP contribution in [0.25, 0.3) is 18.2 Å². The molecule has 4 aliphatic heterocycles. The molecule has 23 heteroatoms. The molecule has 0 saturated carbocycles. The number of hydrogen-bond donors (Lipinski definition) is 5. The van der Waals surface area contributed by atoms with Gasteiger partial charge in [0.05, 0.1) is 0 Å². The lowest BCUT2D eigenvalue weighted by Gasteiger charge is -2.30. The summed E-state index contributed by atoms with van der Waals surface area (Å²) in [5, 5.41) is 16.0. The van der Waals surface area contributed by atoms with Gasteiger partial charge in [0.25, 0.3) is 0 Å². The van der Waals surface area contributed by atoms with E-state index in [-0.39, 0.29) is 30.2 Å². The Balaban J connectivity index is 0.000000256. The smallest absolute Gasteiger partial charge is 0.407 e. The van der Waals surface area contributed by atoms with Crippen molar-refractivity contribution in [2.24, 2.45) is 29.4 Å². The standard InChI is InChI=1S/C21H25FN2O2S.C19H28N2O4S.C14H20N2O2S.C11H22N2O2.ClH/c22-21-9-5-4-8-20(21)17-23-16-19-10-13-24(14-11-19)27(25,26)15-12-18-6-2-1-3-7-18;1-19(2,3)25-18(22)20-15-17-9-12-21(13-10-17)26(23,24)14-11-16-7-5-4-6-8-16;15-12-14-6-9-16(10-7-14)19(17,18)11-8-13-4-2-1-3-5-13;1-11(2,3)15-10(14)13-8-9-4-6-12-7-5-9;/h1-9,12,15,19,23H,10-11,13-14,16-17H2;4-8,11,14,17H,9-10,12-13,15H2,1-3H3,(H,20,22);1-5,8,11,14H,6-7,9-10,12,15H2;9,12H,4-8H2,1-3H3,(H,13,14);1H/b15-12+;14-11+;11-8+;;. The Labute approximate surface area is 530 Å². The SMILES string of the molecule is CC(C)(C)OC(=O)NCC1CCN(S(=O)(=O)/C=C/c2ccccc2)CC1.CC(C)(C)OC(=O)NCC1CCNCC1.Cl.NCC1CCN(S(=O)(=O)/C=C/c2ccccc2)CC1.O=S(=O)(/C=C/c1ccccc1)N1CCC(CNCc2ccccc2F)CC1. The zero-order valence-corrected chi connectivity index (χ0v) is 55.4. The fourth-order valence-corrected chi connectivity index (χ4v) is 13.5. The van der Waals surface area contributed by atoms with Crippen LogP contribution < -0.4 is 27.0 Å². The summed E-state index contributed by atoms with van der Waals surface area (Å²) in [7, 11) is -10.1. The van der Waals surface area contributed by atoms with Crippen LogP contribution in [-0.2, 0) is 46.1 Å². The Morgan fingerprint density at radius 2 is 0.830 bits per heavy atom. The topological polar surface area (TPSA) is 239 Å². The van der Waals surface area contributed by atoms with Crippen LogP contribution in [0.5, 0.6) is 0 Å². The van der Waals surface area contributed by atoms with Gasteiger partial charge in [-0.25, -0.2) is 39.2 Å². The number of carbonyl (C=O) groups excluding carboxylic acids is 2. The van der Waals surface area contributed by atoms with Crippen LogP contribution in [0.1, 0.15) is 115 Å². The lowest BCUT2D eigenvalue weighted by molar-refractivity contribution is 0.0503. The second-order valence-electron chi connectivity index (χ2n) is 24.2. The first-order valence-electron chi connectivity index (χ1n) is 30.3. The van der Waals surface area contributed by atoms with Crippen molar-refractivity contribution < 1.29 is 48.7 Å². The van der Waals surface area contributed by atoms with Crippen molar-refractivity contribution in [1.29, 1.82) is 0 Å². The summed E-state index contributed by atoms with van der Waals surface area (Å²) in [6, 6.07) is 35.0. The Morgan fingerprint density at radius 3 is 1.17 bits per heavy atom. The first-order valence-corrected chi connectivity index (χ1v) is 34.8. The Kier molecular flexibility index (Phi) is 32.0. The van der Waals surface area contributed by atoms with Crippen molar-refractivity contribution in [3.63, 3.8) is 0 Å². The summed E-state index contributed by atoms with van der Waals surface area (Å²) in [6.07, 6.45) is 11.2. The van der Waals surface area contributed by atoms with Gasteiger partial charge in [-0.15, -0.1) is 12.4 Å². The first kappa shape index (κ1) is 74.9. The van der Waals surface area contributed by atoms with Gasteiger partial charge in [0.1, 0.15) is 17.0 Å². The molecule has 18 nitrogen and oxygen atoms in total. The molecule has 4 aromatic rings. The van der Waals surface area contributed by atoms with E-state index in [1.165, 1.54) is 26.6 Å². The van der Waals surface area contributed by atoms with Gasteiger partial charge < -0.3 is 36.5 Å². The molecular formula is C65H96ClFN8O10S3. The van der Waals surface area contributed by atoms with Crippen LogP contribution in [0.15, 0.2) is 131 Å². The number of carbonyl (C=O) groups is 2. The van der Waals surface area contributed by atoms with Gasteiger partial charge in [-0.05, 0) is 184 Å². The van der Waals surface area contributed by atoms with Crippen molar-refractivity contribution in [1.82, 2.24) is 34.2 Å². The molecule has 0 radical (unpaired) electrons. The van der Waals surface area contributed by atoms with Gasteiger partial charge in [-0.2, -0.15) is 12.9 Å². The number of halogens is 2. The lowest BCUT2D eigenvalue weighted by Crippen LogP contribution is -2.41. The molecule has 4 heterocycles.